The summed E-state index contributed by atoms with van der Waals surface area (Å²) in [4.78, 5) is 14.7. The molecule has 0 rings (SSSR count). The molecule has 0 heterocycles. The van der Waals surface area contributed by atoms with Crippen LogP contribution in [0.2, 0.25) is 0 Å². The predicted octanol–water partition coefficient (Wildman–Crippen LogP) is 0.185. The summed E-state index contributed by atoms with van der Waals surface area (Å²) >= 11 is 0. The Bertz CT molecular complexity index is 218. The number of hydrogen-bond donors (Lipinski definition) is 2. The van der Waals surface area contributed by atoms with Crippen LogP contribution in [0.15, 0.2) is 16.8 Å². The van der Waals surface area contributed by atoms with Crippen LogP contribution >= 0.6 is 0 Å². The molecule has 1 amide bonds. The Hall–Kier alpha value is -1.32. The molecule has 0 spiro atoms. The Morgan fingerprint density at radius 2 is 2.17 bits per heavy atom. The van der Waals surface area contributed by atoms with Crippen LogP contribution in [0.4, 0.5) is 0 Å². The van der Waals surface area contributed by atoms with E-state index in [0.29, 0.717) is 12.1 Å². The van der Waals surface area contributed by atoms with E-state index in [1.165, 1.54) is 6.20 Å². The van der Waals surface area contributed by atoms with E-state index in [-0.39, 0.29) is 6.42 Å². The second kappa shape index (κ2) is 5.35. The summed E-state index contributed by atoms with van der Waals surface area (Å²) < 4.78 is 0. The highest BCUT2D eigenvalue weighted by molar-refractivity contribution is 6.01. The molecular weight excluding hydrogens is 154 g/mol. The fraction of sp³-hybridized carbons (Fsp3) is 0.500. The number of nitrogens with zero attached hydrogens (tertiary/aromatic N) is 1. The van der Waals surface area contributed by atoms with Crippen molar-refractivity contribution in [2.75, 3.05) is 6.54 Å². The summed E-state index contributed by atoms with van der Waals surface area (Å²) in [5, 5.41) is 0. The first-order chi connectivity index (χ1) is 5.61. The molecule has 0 aromatic carbocycles. The number of carbonyl (C=O) groups is 1. The monoisotopic (exact) mass is 169 g/mol. The second-order valence-corrected chi connectivity index (χ2v) is 2.39. The fourth-order valence-corrected chi connectivity index (χ4v) is 0.834. The highest BCUT2D eigenvalue weighted by Gasteiger charge is 2.03. The normalized spacial score (nSPS) is 13.2. The Morgan fingerprint density at radius 1 is 1.58 bits per heavy atom. The number of primary amides is 1. The number of carbonyl (C=O) groups excluding carboxylic acids is 1. The number of amides is 1. The van der Waals surface area contributed by atoms with Crippen molar-refractivity contribution in [2.45, 2.75) is 20.3 Å². The van der Waals surface area contributed by atoms with Gasteiger partial charge in [-0.1, -0.05) is 0 Å². The van der Waals surface area contributed by atoms with Gasteiger partial charge in [0.05, 0.1) is 6.42 Å². The molecule has 0 aliphatic carbocycles. The molecule has 0 aromatic heterocycles. The molecule has 0 aliphatic rings. The number of hydrogen-bond acceptors (Lipinski definition) is 3. The van der Waals surface area contributed by atoms with Crippen molar-refractivity contribution < 1.29 is 4.79 Å². The topological polar surface area (TPSA) is 81.5 Å². The second-order valence-electron chi connectivity index (χ2n) is 2.39. The van der Waals surface area contributed by atoms with Crippen molar-refractivity contribution in [3.8, 4) is 0 Å². The first-order valence-corrected chi connectivity index (χ1v) is 3.82. The number of nitrogens with two attached hydrogens (primary N) is 2. The lowest BCUT2D eigenvalue weighted by atomic mass is 10.1. The highest BCUT2D eigenvalue weighted by atomic mass is 16.1. The minimum Gasteiger partial charge on any atom is -0.404 e. The zero-order valence-corrected chi connectivity index (χ0v) is 7.50. The highest BCUT2D eigenvalue weighted by Crippen LogP contribution is 2.01. The van der Waals surface area contributed by atoms with Crippen LogP contribution in [-0.2, 0) is 4.79 Å². The van der Waals surface area contributed by atoms with E-state index in [9.17, 15) is 4.79 Å². The quantitative estimate of drug-likeness (QED) is 0.589. The van der Waals surface area contributed by atoms with Gasteiger partial charge in [0.15, 0.2) is 0 Å². The van der Waals surface area contributed by atoms with Gasteiger partial charge < -0.3 is 11.5 Å². The van der Waals surface area contributed by atoms with E-state index in [0.717, 1.165) is 5.71 Å². The van der Waals surface area contributed by atoms with Crippen LogP contribution in [0.25, 0.3) is 0 Å². The standard InChI is InChI=1S/C8H15N3O/c1-3-11-6(2)7(5-9)4-8(10)12/h5H,3-4,9H2,1-2H3,(H2,10,12). The van der Waals surface area contributed by atoms with Crippen LogP contribution in [-0.4, -0.2) is 18.2 Å². The third-order valence-electron chi connectivity index (χ3n) is 1.43. The maximum atomic E-state index is 10.5. The lowest BCUT2D eigenvalue weighted by molar-refractivity contribution is -0.117. The van der Waals surface area contributed by atoms with Crippen molar-refractivity contribution in [1.82, 2.24) is 0 Å². The fourth-order valence-electron chi connectivity index (χ4n) is 0.834. The average Bonchev–Trinajstić information content (AvgIpc) is 2.00. The number of aliphatic imine (C=N–C) groups is 1. The maximum Gasteiger partial charge on any atom is 0.221 e. The van der Waals surface area contributed by atoms with E-state index >= 15 is 0 Å². The molecule has 0 fully saturated rings. The SMILES string of the molecule is CCN=C(C)C(=CN)CC(N)=O. The minimum absolute atomic E-state index is 0.159. The first kappa shape index (κ1) is 10.7. The van der Waals surface area contributed by atoms with Crippen LogP contribution in [0.1, 0.15) is 20.3 Å². The van der Waals surface area contributed by atoms with Gasteiger partial charge in [-0.2, -0.15) is 0 Å². The Balaban J connectivity index is 4.37. The van der Waals surface area contributed by atoms with Gasteiger partial charge in [0.1, 0.15) is 0 Å². The lowest BCUT2D eigenvalue weighted by Crippen LogP contribution is -2.15. The van der Waals surface area contributed by atoms with Gasteiger partial charge in [-0.15, -0.1) is 0 Å². The van der Waals surface area contributed by atoms with Gasteiger partial charge >= 0.3 is 0 Å². The van der Waals surface area contributed by atoms with Crippen LogP contribution in [0.3, 0.4) is 0 Å². The van der Waals surface area contributed by atoms with Crippen LogP contribution in [0.5, 0.6) is 0 Å². The van der Waals surface area contributed by atoms with Crippen molar-refractivity contribution in [1.29, 1.82) is 0 Å². The van der Waals surface area contributed by atoms with E-state index in [1.807, 2.05) is 13.8 Å². The molecule has 0 unspecified atom stereocenters. The van der Waals surface area contributed by atoms with Gasteiger partial charge in [-0.05, 0) is 25.6 Å². The van der Waals surface area contributed by atoms with Gasteiger partial charge in [0.2, 0.25) is 5.91 Å². The van der Waals surface area contributed by atoms with Crippen molar-refractivity contribution in [3.63, 3.8) is 0 Å². The third kappa shape index (κ3) is 3.75. The van der Waals surface area contributed by atoms with Crippen molar-refractivity contribution in [3.05, 3.63) is 11.8 Å². The summed E-state index contributed by atoms with van der Waals surface area (Å²) in [6.07, 6.45) is 1.53. The van der Waals surface area contributed by atoms with E-state index in [2.05, 4.69) is 4.99 Å². The van der Waals surface area contributed by atoms with Crippen molar-refractivity contribution >= 4 is 11.6 Å². The molecule has 0 aliphatic heterocycles. The molecule has 4 heteroatoms. The zero-order chi connectivity index (χ0) is 9.56. The Kier molecular flexibility index (Phi) is 4.76. The van der Waals surface area contributed by atoms with Crippen molar-refractivity contribution in [2.24, 2.45) is 16.5 Å². The number of rotatable bonds is 4. The molecule has 12 heavy (non-hydrogen) atoms. The van der Waals surface area contributed by atoms with E-state index < -0.39 is 5.91 Å². The summed E-state index contributed by atoms with van der Waals surface area (Å²) in [5.41, 5.74) is 11.8. The Labute approximate surface area is 72.3 Å². The molecule has 0 saturated heterocycles. The lowest BCUT2D eigenvalue weighted by Gasteiger charge is -2.02. The predicted molar refractivity (Wildman–Crippen MR) is 49.7 cm³/mol. The van der Waals surface area contributed by atoms with E-state index in [1.54, 1.807) is 0 Å². The summed E-state index contributed by atoms with van der Waals surface area (Å²) in [6, 6.07) is 0. The van der Waals surface area contributed by atoms with Crippen LogP contribution in [0, 0.1) is 0 Å². The molecule has 4 nitrogen and oxygen atoms in total. The van der Waals surface area contributed by atoms with Gasteiger partial charge in [-0.3, -0.25) is 9.79 Å². The molecule has 0 saturated carbocycles. The molecule has 0 atom stereocenters. The summed E-state index contributed by atoms with van der Waals surface area (Å²) in [5.74, 6) is -0.391. The molecule has 0 aromatic rings. The van der Waals surface area contributed by atoms with Gasteiger partial charge in [0, 0.05) is 12.3 Å². The van der Waals surface area contributed by atoms with Gasteiger partial charge in [-0.25, -0.2) is 0 Å². The van der Waals surface area contributed by atoms with Crippen LogP contribution < -0.4 is 11.5 Å². The summed E-state index contributed by atoms with van der Waals surface area (Å²) in [6.45, 7) is 4.41. The molecular formula is C8H15N3O. The largest absolute Gasteiger partial charge is 0.404 e. The smallest absolute Gasteiger partial charge is 0.221 e. The molecule has 0 radical (unpaired) electrons. The van der Waals surface area contributed by atoms with Gasteiger partial charge in [0.25, 0.3) is 0 Å². The molecule has 68 valence electrons. The minimum atomic E-state index is -0.391. The first-order valence-electron chi connectivity index (χ1n) is 3.82. The zero-order valence-electron chi connectivity index (χ0n) is 7.50. The third-order valence-corrected chi connectivity index (χ3v) is 1.43. The Morgan fingerprint density at radius 3 is 2.50 bits per heavy atom. The molecule has 4 N–H and O–H groups in total. The summed E-state index contributed by atoms with van der Waals surface area (Å²) in [7, 11) is 0. The van der Waals surface area contributed by atoms with E-state index in [4.69, 9.17) is 11.5 Å². The maximum absolute atomic E-state index is 10.5. The molecule has 0 bridgehead atoms. The average molecular weight is 169 g/mol.